The predicted molar refractivity (Wildman–Crippen MR) is 84.8 cm³/mol. The first kappa shape index (κ1) is 16.5. The monoisotopic (exact) mass is 294 g/mol. The standard InChI is InChI=1S/C16H30N4O/c1-11(2)8-16(4,17)14(21)15-18-9-13-10-19(5)12(3)6-7-20(13)15/h9,11-12,14,21H,6-8,10,17H2,1-5H3. The van der Waals surface area contributed by atoms with Crippen LogP contribution in [0.5, 0.6) is 0 Å². The largest absolute Gasteiger partial charge is 0.383 e. The molecule has 1 aliphatic heterocycles. The van der Waals surface area contributed by atoms with Gasteiger partial charge in [-0.15, -0.1) is 0 Å². The predicted octanol–water partition coefficient (Wildman–Crippen LogP) is 1.90. The summed E-state index contributed by atoms with van der Waals surface area (Å²) >= 11 is 0. The number of hydrogen-bond acceptors (Lipinski definition) is 4. The second-order valence-corrected chi connectivity index (χ2v) is 7.32. The number of aliphatic hydroxyl groups is 1. The van der Waals surface area contributed by atoms with Crippen LogP contribution in [-0.2, 0) is 13.1 Å². The van der Waals surface area contributed by atoms with Crippen LogP contribution in [0.3, 0.4) is 0 Å². The number of nitrogens with two attached hydrogens (primary N) is 1. The molecule has 3 atom stereocenters. The highest BCUT2D eigenvalue weighted by molar-refractivity contribution is 5.13. The Morgan fingerprint density at radius 3 is 2.81 bits per heavy atom. The van der Waals surface area contributed by atoms with Gasteiger partial charge in [0.2, 0.25) is 0 Å². The van der Waals surface area contributed by atoms with Crippen LogP contribution in [-0.4, -0.2) is 38.2 Å². The Labute approximate surface area is 128 Å². The molecule has 3 N–H and O–H groups in total. The minimum Gasteiger partial charge on any atom is -0.383 e. The number of rotatable bonds is 4. The highest BCUT2D eigenvalue weighted by Crippen LogP contribution is 2.30. The maximum atomic E-state index is 10.7. The molecule has 0 bridgehead atoms. The van der Waals surface area contributed by atoms with Gasteiger partial charge in [-0.1, -0.05) is 13.8 Å². The second-order valence-electron chi connectivity index (χ2n) is 7.32. The lowest BCUT2D eigenvalue weighted by molar-refractivity contribution is 0.0696. The fourth-order valence-electron chi connectivity index (χ4n) is 3.26. The van der Waals surface area contributed by atoms with Crippen LogP contribution < -0.4 is 5.73 Å². The lowest BCUT2D eigenvalue weighted by atomic mass is 9.86. The Morgan fingerprint density at radius 1 is 1.52 bits per heavy atom. The average Bonchev–Trinajstić information content (AvgIpc) is 2.69. The van der Waals surface area contributed by atoms with Crippen molar-refractivity contribution in [3.05, 3.63) is 17.7 Å². The maximum absolute atomic E-state index is 10.7. The Bertz CT molecular complexity index is 481. The zero-order valence-corrected chi connectivity index (χ0v) is 14.0. The van der Waals surface area contributed by atoms with Crippen LogP contribution in [0, 0.1) is 5.92 Å². The molecule has 5 nitrogen and oxygen atoms in total. The third-order valence-corrected chi connectivity index (χ3v) is 4.62. The molecule has 1 aliphatic rings. The molecule has 0 aliphatic carbocycles. The number of nitrogens with zero attached hydrogens (tertiary/aromatic N) is 3. The molecule has 1 aromatic rings. The number of fused-ring (bicyclic) bond motifs is 1. The third kappa shape index (κ3) is 3.47. The first-order valence-corrected chi connectivity index (χ1v) is 7.94. The fourth-order valence-corrected chi connectivity index (χ4v) is 3.26. The Hall–Kier alpha value is -0.910. The Kier molecular flexibility index (Phi) is 4.76. The molecule has 5 heteroatoms. The summed E-state index contributed by atoms with van der Waals surface area (Å²) in [7, 11) is 2.13. The minimum absolute atomic E-state index is 0.444. The number of hydrogen-bond donors (Lipinski definition) is 2. The van der Waals surface area contributed by atoms with Crippen molar-refractivity contribution in [2.75, 3.05) is 7.05 Å². The smallest absolute Gasteiger partial charge is 0.139 e. The van der Waals surface area contributed by atoms with Crippen LogP contribution in [0.4, 0.5) is 0 Å². The first-order valence-electron chi connectivity index (χ1n) is 7.94. The molecule has 0 aromatic carbocycles. The van der Waals surface area contributed by atoms with E-state index < -0.39 is 11.6 Å². The van der Waals surface area contributed by atoms with E-state index in [4.69, 9.17) is 5.73 Å². The number of imidazole rings is 1. The van der Waals surface area contributed by atoms with Crippen molar-refractivity contribution in [2.45, 2.75) is 71.3 Å². The quantitative estimate of drug-likeness (QED) is 0.890. The van der Waals surface area contributed by atoms with Crippen LogP contribution >= 0.6 is 0 Å². The molecule has 0 radical (unpaired) electrons. The van der Waals surface area contributed by atoms with Crippen LogP contribution in [0.25, 0.3) is 0 Å². The summed E-state index contributed by atoms with van der Waals surface area (Å²) in [5, 5.41) is 10.7. The van der Waals surface area contributed by atoms with Gasteiger partial charge in [-0.3, -0.25) is 4.90 Å². The summed E-state index contributed by atoms with van der Waals surface area (Å²) < 4.78 is 2.16. The molecular weight excluding hydrogens is 264 g/mol. The fraction of sp³-hybridized carbons (Fsp3) is 0.812. The van der Waals surface area contributed by atoms with E-state index in [9.17, 15) is 5.11 Å². The summed E-state index contributed by atoms with van der Waals surface area (Å²) in [6, 6.07) is 0.537. The lowest BCUT2D eigenvalue weighted by Gasteiger charge is -2.32. The Balaban J connectivity index is 2.26. The lowest BCUT2D eigenvalue weighted by Crippen LogP contribution is -2.45. The van der Waals surface area contributed by atoms with E-state index >= 15 is 0 Å². The van der Waals surface area contributed by atoms with Crippen molar-refractivity contribution >= 4 is 0 Å². The van der Waals surface area contributed by atoms with Crippen molar-refractivity contribution < 1.29 is 5.11 Å². The molecule has 2 heterocycles. The number of aliphatic hydroxyl groups excluding tert-OH is 1. The van der Waals surface area contributed by atoms with Crippen molar-refractivity contribution in [1.29, 1.82) is 0 Å². The van der Waals surface area contributed by atoms with E-state index in [2.05, 4.69) is 42.3 Å². The Morgan fingerprint density at radius 2 is 2.19 bits per heavy atom. The SMILES string of the molecule is CC(C)CC(C)(N)C(O)c1ncc2n1CCC(C)N(C)C2. The molecule has 21 heavy (non-hydrogen) atoms. The summed E-state index contributed by atoms with van der Waals surface area (Å²) in [5.74, 6) is 1.16. The molecular formula is C16H30N4O. The molecule has 0 fully saturated rings. The van der Waals surface area contributed by atoms with Gasteiger partial charge < -0.3 is 15.4 Å². The van der Waals surface area contributed by atoms with Crippen LogP contribution in [0.1, 0.15) is 58.2 Å². The average molecular weight is 294 g/mol. The summed E-state index contributed by atoms with van der Waals surface area (Å²) in [6.45, 7) is 10.2. The van der Waals surface area contributed by atoms with Gasteiger partial charge in [0.05, 0.1) is 5.69 Å². The highest BCUT2D eigenvalue weighted by atomic mass is 16.3. The molecule has 0 spiro atoms. The highest BCUT2D eigenvalue weighted by Gasteiger charge is 2.34. The van der Waals surface area contributed by atoms with Gasteiger partial charge in [0.25, 0.3) is 0 Å². The van der Waals surface area contributed by atoms with Gasteiger partial charge in [0.1, 0.15) is 11.9 Å². The molecule has 0 amide bonds. The van der Waals surface area contributed by atoms with E-state index in [1.54, 1.807) is 0 Å². The molecule has 2 rings (SSSR count). The molecule has 0 saturated heterocycles. The first-order chi connectivity index (χ1) is 9.72. The maximum Gasteiger partial charge on any atom is 0.139 e. The van der Waals surface area contributed by atoms with Crippen LogP contribution in [0.2, 0.25) is 0 Å². The van der Waals surface area contributed by atoms with Crippen molar-refractivity contribution in [3.63, 3.8) is 0 Å². The molecule has 0 saturated carbocycles. The second kappa shape index (κ2) is 6.07. The zero-order valence-electron chi connectivity index (χ0n) is 14.0. The van der Waals surface area contributed by atoms with E-state index in [0.29, 0.717) is 12.0 Å². The van der Waals surface area contributed by atoms with Gasteiger partial charge in [-0.25, -0.2) is 4.98 Å². The topological polar surface area (TPSA) is 67.3 Å². The van der Waals surface area contributed by atoms with Gasteiger partial charge >= 0.3 is 0 Å². The normalized spacial score (nSPS) is 24.5. The molecule has 3 unspecified atom stereocenters. The number of aromatic nitrogens is 2. The third-order valence-electron chi connectivity index (χ3n) is 4.62. The summed E-state index contributed by atoms with van der Waals surface area (Å²) in [5.41, 5.74) is 6.88. The van der Waals surface area contributed by atoms with Gasteiger partial charge in [0.15, 0.2) is 0 Å². The molecule has 120 valence electrons. The summed E-state index contributed by atoms with van der Waals surface area (Å²) in [4.78, 5) is 6.80. The van der Waals surface area contributed by atoms with Gasteiger partial charge in [-0.2, -0.15) is 0 Å². The summed E-state index contributed by atoms with van der Waals surface area (Å²) in [6.07, 6.45) is 2.99. The van der Waals surface area contributed by atoms with E-state index in [-0.39, 0.29) is 0 Å². The zero-order chi connectivity index (χ0) is 15.8. The van der Waals surface area contributed by atoms with Crippen molar-refractivity contribution in [1.82, 2.24) is 14.5 Å². The van der Waals surface area contributed by atoms with Crippen molar-refractivity contribution in [2.24, 2.45) is 11.7 Å². The van der Waals surface area contributed by atoms with Crippen LogP contribution in [0.15, 0.2) is 6.20 Å². The van der Waals surface area contributed by atoms with E-state index in [1.807, 2.05) is 13.1 Å². The van der Waals surface area contributed by atoms with Gasteiger partial charge in [-0.05, 0) is 39.7 Å². The van der Waals surface area contributed by atoms with E-state index in [0.717, 1.165) is 37.4 Å². The minimum atomic E-state index is -0.729. The van der Waals surface area contributed by atoms with Crippen molar-refractivity contribution in [3.8, 4) is 0 Å². The van der Waals surface area contributed by atoms with E-state index in [1.165, 1.54) is 0 Å². The molecule has 1 aromatic heterocycles. The van der Waals surface area contributed by atoms with Gasteiger partial charge in [0, 0.05) is 30.9 Å².